The van der Waals surface area contributed by atoms with Crippen molar-refractivity contribution < 1.29 is 4.39 Å². The van der Waals surface area contributed by atoms with Crippen LogP contribution in [-0.2, 0) is 6.54 Å². The van der Waals surface area contributed by atoms with E-state index in [-0.39, 0.29) is 17.4 Å². The number of hydrogen-bond donors (Lipinski definition) is 2. The largest absolute Gasteiger partial charge is 0.309 e. The van der Waals surface area contributed by atoms with Gasteiger partial charge in [0.15, 0.2) is 0 Å². The highest BCUT2D eigenvalue weighted by molar-refractivity contribution is 7.17. The standard InChI is InChI=1S/C23H22FN3OS/c1-14(2)21(16-6-4-3-5-7-16)25-12-19-26-22(28)20-18(13-29-23(20)27-19)15-8-10-17(24)11-9-15/h3-11,13-14,21,25H,12H2,1-2H3,(H,26,27,28)/t21-/m1/s1. The molecule has 148 valence electrons. The van der Waals surface area contributed by atoms with E-state index in [1.807, 2.05) is 23.6 Å². The fourth-order valence-corrected chi connectivity index (χ4v) is 4.49. The molecule has 0 radical (unpaired) electrons. The van der Waals surface area contributed by atoms with Crippen LogP contribution in [0.2, 0.25) is 0 Å². The zero-order valence-electron chi connectivity index (χ0n) is 16.3. The molecule has 0 bridgehead atoms. The van der Waals surface area contributed by atoms with Crippen molar-refractivity contribution in [2.75, 3.05) is 0 Å². The monoisotopic (exact) mass is 407 g/mol. The van der Waals surface area contributed by atoms with E-state index in [1.54, 1.807) is 12.1 Å². The highest BCUT2D eigenvalue weighted by Crippen LogP contribution is 2.31. The first-order chi connectivity index (χ1) is 14.0. The molecule has 0 aliphatic carbocycles. The van der Waals surface area contributed by atoms with Crippen molar-refractivity contribution in [3.63, 3.8) is 0 Å². The molecule has 2 N–H and O–H groups in total. The molecule has 4 nitrogen and oxygen atoms in total. The van der Waals surface area contributed by atoms with Crippen LogP contribution in [0.3, 0.4) is 0 Å². The smallest absolute Gasteiger partial charge is 0.260 e. The topological polar surface area (TPSA) is 57.8 Å². The maximum atomic E-state index is 13.2. The summed E-state index contributed by atoms with van der Waals surface area (Å²) < 4.78 is 13.2. The molecule has 0 saturated heterocycles. The Hall–Kier alpha value is -2.83. The number of H-pyrrole nitrogens is 1. The number of fused-ring (bicyclic) bond motifs is 1. The number of nitrogens with zero attached hydrogens (tertiary/aromatic N) is 1. The van der Waals surface area contributed by atoms with Crippen molar-refractivity contribution in [1.29, 1.82) is 0 Å². The van der Waals surface area contributed by atoms with Gasteiger partial charge >= 0.3 is 0 Å². The number of halogens is 1. The Morgan fingerprint density at radius 3 is 2.52 bits per heavy atom. The van der Waals surface area contributed by atoms with Gasteiger partial charge in [-0.2, -0.15) is 0 Å². The van der Waals surface area contributed by atoms with Gasteiger partial charge in [0.1, 0.15) is 16.5 Å². The number of nitrogens with one attached hydrogen (secondary N) is 2. The molecule has 0 amide bonds. The summed E-state index contributed by atoms with van der Waals surface area (Å²) in [5.41, 5.74) is 2.62. The molecule has 2 aromatic heterocycles. The second-order valence-corrected chi connectivity index (χ2v) is 8.22. The van der Waals surface area contributed by atoms with Gasteiger partial charge in [-0.15, -0.1) is 11.3 Å². The van der Waals surface area contributed by atoms with Gasteiger partial charge < -0.3 is 10.3 Å². The Balaban J connectivity index is 1.61. The van der Waals surface area contributed by atoms with Crippen molar-refractivity contribution in [3.05, 3.63) is 87.5 Å². The fourth-order valence-electron chi connectivity index (χ4n) is 3.52. The number of benzene rings is 2. The lowest BCUT2D eigenvalue weighted by atomic mass is 9.96. The molecule has 2 aromatic carbocycles. The SMILES string of the molecule is CC(C)[C@@H](NCc1nc2scc(-c3ccc(F)cc3)c2c(=O)[nH]1)c1ccccc1. The fraction of sp³-hybridized carbons (Fsp3) is 0.217. The summed E-state index contributed by atoms with van der Waals surface area (Å²) in [4.78, 5) is 21.0. The summed E-state index contributed by atoms with van der Waals surface area (Å²) in [7, 11) is 0. The maximum absolute atomic E-state index is 13.2. The van der Waals surface area contributed by atoms with Gasteiger partial charge in [0.2, 0.25) is 0 Å². The first kappa shape index (κ1) is 19.5. The summed E-state index contributed by atoms with van der Waals surface area (Å²) in [6.45, 7) is 4.79. The maximum Gasteiger partial charge on any atom is 0.260 e. The molecule has 0 saturated carbocycles. The van der Waals surface area contributed by atoms with E-state index in [0.29, 0.717) is 28.5 Å². The van der Waals surface area contributed by atoms with Gasteiger partial charge in [-0.3, -0.25) is 4.79 Å². The Bertz CT molecular complexity index is 1170. The van der Waals surface area contributed by atoms with E-state index in [0.717, 1.165) is 11.1 Å². The minimum Gasteiger partial charge on any atom is -0.309 e. The van der Waals surface area contributed by atoms with Crippen LogP contribution in [0.1, 0.15) is 31.3 Å². The first-order valence-electron chi connectivity index (χ1n) is 9.57. The summed E-state index contributed by atoms with van der Waals surface area (Å²) in [5, 5.41) is 5.97. The van der Waals surface area contributed by atoms with Crippen molar-refractivity contribution in [3.8, 4) is 11.1 Å². The predicted molar refractivity (Wildman–Crippen MR) is 116 cm³/mol. The van der Waals surface area contributed by atoms with Crippen LogP contribution < -0.4 is 10.9 Å². The second-order valence-electron chi connectivity index (χ2n) is 7.36. The normalized spacial score (nSPS) is 12.6. The molecule has 0 spiro atoms. The summed E-state index contributed by atoms with van der Waals surface area (Å²) >= 11 is 1.43. The molecule has 1 atom stereocenters. The van der Waals surface area contributed by atoms with Crippen LogP contribution >= 0.6 is 11.3 Å². The minimum atomic E-state index is -0.299. The van der Waals surface area contributed by atoms with E-state index in [2.05, 4.69) is 41.3 Å². The Morgan fingerprint density at radius 2 is 1.83 bits per heavy atom. The average molecular weight is 408 g/mol. The van der Waals surface area contributed by atoms with E-state index >= 15 is 0 Å². The summed E-state index contributed by atoms with van der Waals surface area (Å²) in [6.07, 6.45) is 0. The quantitative estimate of drug-likeness (QED) is 0.457. The van der Waals surface area contributed by atoms with E-state index < -0.39 is 0 Å². The van der Waals surface area contributed by atoms with E-state index in [9.17, 15) is 9.18 Å². The van der Waals surface area contributed by atoms with E-state index in [1.165, 1.54) is 29.0 Å². The third-order valence-corrected chi connectivity index (χ3v) is 5.84. The molecule has 0 unspecified atom stereocenters. The Kier molecular flexibility index (Phi) is 5.56. The van der Waals surface area contributed by atoms with Gasteiger partial charge in [0.05, 0.1) is 11.9 Å². The molecule has 6 heteroatoms. The van der Waals surface area contributed by atoms with Gasteiger partial charge in [0, 0.05) is 17.0 Å². The zero-order chi connectivity index (χ0) is 20.4. The van der Waals surface area contributed by atoms with Crippen molar-refractivity contribution >= 4 is 21.6 Å². The average Bonchev–Trinajstić information content (AvgIpc) is 3.14. The molecular formula is C23H22FN3OS. The number of hydrogen-bond acceptors (Lipinski definition) is 4. The molecule has 4 aromatic rings. The number of thiophene rings is 1. The molecule has 0 fully saturated rings. The van der Waals surface area contributed by atoms with Crippen LogP contribution in [0.5, 0.6) is 0 Å². The number of aromatic nitrogens is 2. The lowest BCUT2D eigenvalue weighted by molar-refractivity contribution is 0.406. The van der Waals surface area contributed by atoms with Crippen LogP contribution in [0.4, 0.5) is 4.39 Å². The lowest BCUT2D eigenvalue weighted by Gasteiger charge is -2.22. The molecule has 29 heavy (non-hydrogen) atoms. The summed E-state index contributed by atoms with van der Waals surface area (Å²) in [5.74, 6) is 0.697. The highest BCUT2D eigenvalue weighted by atomic mass is 32.1. The van der Waals surface area contributed by atoms with Gasteiger partial charge in [-0.1, -0.05) is 56.3 Å². The number of rotatable bonds is 6. The van der Waals surface area contributed by atoms with Gasteiger partial charge in [-0.05, 0) is 29.2 Å². The zero-order valence-corrected chi connectivity index (χ0v) is 17.1. The van der Waals surface area contributed by atoms with Crippen LogP contribution in [-0.4, -0.2) is 9.97 Å². The van der Waals surface area contributed by atoms with Crippen LogP contribution in [0.25, 0.3) is 21.3 Å². The lowest BCUT2D eigenvalue weighted by Crippen LogP contribution is -2.27. The minimum absolute atomic E-state index is 0.162. The summed E-state index contributed by atoms with van der Waals surface area (Å²) in [6, 6.07) is 16.6. The van der Waals surface area contributed by atoms with Crippen LogP contribution in [0.15, 0.2) is 64.8 Å². The van der Waals surface area contributed by atoms with Crippen molar-refractivity contribution in [2.24, 2.45) is 5.92 Å². The third-order valence-electron chi connectivity index (χ3n) is 4.96. The van der Waals surface area contributed by atoms with Crippen molar-refractivity contribution in [1.82, 2.24) is 15.3 Å². The number of aromatic amines is 1. The van der Waals surface area contributed by atoms with Crippen LogP contribution in [0, 0.1) is 11.7 Å². The first-order valence-corrected chi connectivity index (χ1v) is 10.5. The molecular weight excluding hydrogens is 385 g/mol. The molecule has 4 rings (SSSR count). The molecule has 2 heterocycles. The van der Waals surface area contributed by atoms with E-state index in [4.69, 9.17) is 0 Å². The second kappa shape index (κ2) is 8.27. The predicted octanol–water partition coefficient (Wildman–Crippen LogP) is 5.28. The Labute approximate surface area is 172 Å². The molecule has 0 aliphatic heterocycles. The van der Waals surface area contributed by atoms with Gasteiger partial charge in [-0.25, -0.2) is 9.37 Å². The molecule has 0 aliphatic rings. The highest BCUT2D eigenvalue weighted by Gasteiger charge is 2.17. The third kappa shape index (κ3) is 4.13. The van der Waals surface area contributed by atoms with Crippen molar-refractivity contribution in [2.45, 2.75) is 26.4 Å². The van der Waals surface area contributed by atoms with Gasteiger partial charge in [0.25, 0.3) is 5.56 Å². The Morgan fingerprint density at radius 1 is 1.10 bits per heavy atom.